The van der Waals surface area contributed by atoms with Gasteiger partial charge in [-0.2, -0.15) is 0 Å². The normalized spacial score (nSPS) is 16.3. The SMILES string of the molecule is CCN(CC(=O)NCC(O)(CC)CC)C1CC1. The molecule has 0 aromatic carbocycles. The van der Waals surface area contributed by atoms with E-state index in [1.54, 1.807) is 0 Å². The summed E-state index contributed by atoms with van der Waals surface area (Å²) < 4.78 is 0. The van der Waals surface area contributed by atoms with E-state index < -0.39 is 5.60 Å². The van der Waals surface area contributed by atoms with Crippen molar-refractivity contribution in [3.05, 3.63) is 0 Å². The summed E-state index contributed by atoms with van der Waals surface area (Å²) in [5, 5.41) is 12.9. The minimum absolute atomic E-state index is 0.0269. The van der Waals surface area contributed by atoms with E-state index in [1.807, 2.05) is 13.8 Å². The van der Waals surface area contributed by atoms with Crippen molar-refractivity contribution in [2.75, 3.05) is 19.6 Å². The van der Waals surface area contributed by atoms with Crippen molar-refractivity contribution in [2.24, 2.45) is 0 Å². The van der Waals surface area contributed by atoms with Crippen LogP contribution >= 0.6 is 0 Å². The highest BCUT2D eigenvalue weighted by molar-refractivity contribution is 5.78. The third kappa shape index (κ3) is 4.64. The number of amides is 1. The molecular weight excluding hydrogens is 216 g/mol. The lowest BCUT2D eigenvalue weighted by Gasteiger charge is -2.26. The molecule has 100 valence electrons. The van der Waals surface area contributed by atoms with E-state index in [-0.39, 0.29) is 5.91 Å². The van der Waals surface area contributed by atoms with E-state index in [4.69, 9.17) is 0 Å². The highest BCUT2D eigenvalue weighted by Crippen LogP contribution is 2.25. The smallest absolute Gasteiger partial charge is 0.234 e. The van der Waals surface area contributed by atoms with Crippen LogP contribution < -0.4 is 5.32 Å². The van der Waals surface area contributed by atoms with Crippen LogP contribution in [0.4, 0.5) is 0 Å². The van der Waals surface area contributed by atoms with Crippen LogP contribution in [0.25, 0.3) is 0 Å². The quantitative estimate of drug-likeness (QED) is 0.671. The fourth-order valence-electron chi connectivity index (χ4n) is 1.94. The number of hydrogen-bond donors (Lipinski definition) is 2. The molecule has 0 aromatic heterocycles. The third-order valence-corrected chi connectivity index (χ3v) is 3.75. The summed E-state index contributed by atoms with van der Waals surface area (Å²) in [5.41, 5.74) is -0.744. The Hall–Kier alpha value is -0.610. The first-order chi connectivity index (χ1) is 8.04. The molecule has 0 unspecified atom stereocenters. The van der Waals surface area contributed by atoms with Gasteiger partial charge in [-0.05, 0) is 32.2 Å². The predicted molar refractivity (Wildman–Crippen MR) is 68.8 cm³/mol. The summed E-state index contributed by atoms with van der Waals surface area (Å²) in [6.07, 6.45) is 3.78. The number of likely N-dealkylation sites (N-methyl/N-ethyl adjacent to an activating group) is 1. The Bertz CT molecular complexity index is 248. The number of nitrogens with zero attached hydrogens (tertiary/aromatic N) is 1. The highest BCUT2D eigenvalue weighted by atomic mass is 16.3. The summed E-state index contributed by atoms with van der Waals surface area (Å²) in [5.74, 6) is 0.0269. The van der Waals surface area contributed by atoms with Crippen LogP contribution in [0.3, 0.4) is 0 Å². The molecule has 1 amide bonds. The van der Waals surface area contributed by atoms with E-state index in [9.17, 15) is 9.90 Å². The van der Waals surface area contributed by atoms with Crippen molar-refractivity contribution < 1.29 is 9.90 Å². The van der Waals surface area contributed by atoms with Gasteiger partial charge in [-0.1, -0.05) is 20.8 Å². The summed E-state index contributed by atoms with van der Waals surface area (Å²) in [6, 6.07) is 0.613. The number of nitrogens with one attached hydrogen (secondary N) is 1. The molecule has 0 saturated heterocycles. The molecule has 1 aliphatic rings. The Morgan fingerprint density at radius 1 is 1.35 bits per heavy atom. The van der Waals surface area contributed by atoms with Gasteiger partial charge >= 0.3 is 0 Å². The summed E-state index contributed by atoms with van der Waals surface area (Å²) in [4.78, 5) is 14.0. The predicted octanol–water partition coefficient (Wildman–Crippen LogP) is 1.14. The number of carbonyl (C=O) groups is 1. The fourth-order valence-corrected chi connectivity index (χ4v) is 1.94. The van der Waals surface area contributed by atoms with Crippen LogP contribution in [0.15, 0.2) is 0 Å². The average Bonchev–Trinajstić information content (AvgIpc) is 3.17. The maximum atomic E-state index is 11.8. The van der Waals surface area contributed by atoms with Gasteiger partial charge in [0.2, 0.25) is 5.91 Å². The molecule has 0 bridgehead atoms. The van der Waals surface area contributed by atoms with Crippen molar-refractivity contribution in [1.29, 1.82) is 0 Å². The molecule has 0 heterocycles. The first-order valence-corrected chi connectivity index (χ1v) is 6.77. The van der Waals surface area contributed by atoms with E-state index >= 15 is 0 Å². The van der Waals surface area contributed by atoms with Gasteiger partial charge in [-0.15, -0.1) is 0 Å². The van der Waals surface area contributed by atoms with Gasteiger partial charge in [0.05, 0.1) is 12.1 Å². The lowest BCUT2D eigenvalue weighted by molar-refractivity contribution is -0.123. The lowest BCUT2D eigenvalue weighted by Crippen LogP contribution is -2.45. The van der Waals surface area contributed by atoms with Crippen LogP contribution in [0.5, 0.6) is 0 Å². The minimum atomic E-state index is -0.744. The van der Waals surface area contributed by atoms with Crippen LogP contribution in [-0.2, 0) is 4.79 Å². The molecule has 17 heavy (non-hydrogen) atoms. The summed E-state index contributed by atoms with van der Waals surface area (Å²) in [6.45, 7) is 7.71. The van der Waals surface area contributed by atoms with Gasteiger partial charge in [-0.25, -0.2) is 0 Å². The number of carbonyl (C=O) groups excluding carboxylic acids is 1. The van der Waals surface area contributed by atoms with Gasteiger partial charge in [0, 0.05) is 12.6 Å². The first-order valence-electron chi connectivity index (χ1n) is 6.77. The molecule has 1 aliphatic carbocycles. The fraction of sp³-hybridized carbons (Fsp3) is 0.923. The summed E-state index contributed by atoms with van der Waals surface area (Å²) in [7, 11) is 0. The third-order valence-electron chi connectivity index (χ3n) is 3.75. The van der Waals surface area contributed by atoms with Crippen LogP contribution in [0.1, 0.15) is 46.5 Å². The van der Waals surface area contributed by atoms with Crippen LogP contribution in [0.2, 0.25) is 0 Å². The molecule has 4 heteroatoms. The Labute approximate surface area is 104 Å². The molecule has 4 nitrogen and oxygen atoms in total. The van der Waals surface area contributed by atoms with Crippen molar-refractivity contribution in [1.82, 2.24) is 10.2 Å². The van der Waals surface area contributed by atoms with Crippen molar-refractivity contribution in [3.63, 3.8) is 0 Å². The lowest BCUT2D eigenvalue weighted by atomic mass is 9.98. The average molecular weight is 242 g/mol. The number of rotatable bonds is 8. The van der Waals surface area contributed by atoms with Gasteiger partial charge < -0.3 is 10.4 Å². The second-order valence-corrected chi connectivity index (χ2v) is 5.00. The largest absolute Gasteiger partial charge is 0.388 e. The number of aliphatic hydroxyl groups is 1. The van der Waals surface area contributed by atoms with E-state index in [1.165, 1.54) is 12.8 Å². The summed E-state index contributed by atoms with van der Waals surface area (Å²) >= 11 is 0. The van der Waals surface area contributed by atoms with Gasteiger partial charge in [0.15, 0.2) is 0 Å². The molecule has 1 fully saturated rings. The minimum Gasteiger partial charge on any atom is -0.388 e. The Morgan fingerprint density at radius 3 is 2.35 bits per heavy atom. The Balaban J connectivity index is 2.28. The standard InChI is InChI=1S/C13H26N2O2/c1-4-13(17,5-2)10-14-12(16)9-15(6-3)11-7-8-11/h11,17H,4-10H2,1-3H3,(H,14,16). The second kappa shape index (κ2) is 6.36. The monoisotopic (exact) mass is 242 g/mol. The van der Waals surface area contributed by atoms with E-state index in [2.05, 4.69) is 17.1 Å². The second-order valence-electron chi connectivity index (χ2n) is 5.00. The zero-order valence-corrected chi connectivity index (χ0v) is 11.3. The molecule has 0 spiro atoms. The molecule has 0 aromatic rings. The van der Waals surface area contributed by atoms with Crippen LogP contribution in [-0.4, -0.2) is 47.2 Å². The zero-order valence-electron chi connectivity index (χ0n) is 11.3. The molecular formula is C13H26N2O2. The van der Waals surface area contributed by atoms with Crippen molar-refractivity contribution in [3.8, 4) is 0 Å². The Kier molecular flexibility index (Phi) is 5.40. The van der Waals surface area contributed by atoms with Gasteiger partial charge in [0.1, 0.15) is 0 Å². The topological polar surface area (TPSA) is 52.6 Å². The number of hydrogen-bond acceptors (Lipinski definition) is 3. The molecule has 1 rings (SSSR count). The zero-order chi connectivity index (χ0) is 12.9. The van der Waals surface area contributed by atoms with E-state index in [0.717, 1.165) is 6.54 Å². The molecule has 0 atom stereocenters. The molecule has 2 N–H and O–H groups in total. The molecule has 0 aliphatic heterocycles. The van der Waals surface area contributed by atoms with Gasteiger partial charge in [0.25, 0.3) is 0 Å². The maximum absolute atomic E-state index is 11.8. The molecule has 0 radical (unpaired) electrons. The van der Waals surface area contributed by atoms with Crippen molar-refractivity contribution in [2.45, 2.75) is 58.1 Å². The Morgan fingerprint density at radius 2 is 1.94 bits per heavy atom. The first kappa shape index (κ1) is 14.5. The van der Waals surface area contributed by atoms with Crippen molar-refractivity contribution >= 4 is 5.91 Å². The maximum Gasteiger partial charge on any atom is 0.234 e. The molecule has 1 saturated carbocycles. The van der Waals surface area contributed by atoms with Crippen LogP contribution in [0, 0.1) is 0 Å². The van der Waals surface area contributed by atoms with E-state index in [0.29, 0.717) is 32.0 Å². The highest BCUT2D eigenvalue weighted by Gasteiger charge is 2.29. The van der Waals surface area contributed by atoms with Gasteiger partial charge in [-0.3, -0.25) is 9.69 Å².